The molecule has 1 aliphatic carbocycles. The molecule has 1 aromatic rings. The summed E-state index contributed by atoms with van der Waals surface area (Å²) >= 11 is 0. The van der Waals surface area contributed by atoms with Crippen LogP contribution in [0, 0.1) is 17.2 Å². The van der Waals surface area contributed by atoms with Gasteiger partial charge in [0.25, 0.3) is 0 Å². The van der Waals surface area contributed by atoms with Gasteiger partial charge >= 0.3 is 0 Å². The molecule has 0 N–H and O–H groups in total. The smallest absolute Gasteiger partial charge is 0.0701 e. The third-order valence-corrected chi connectivity index (χ3v) is 2.17. The summed E-state index contributed by atoms with van der Waals surface area (Å²) in [5.74, 6) is 0.0694. The quantitative estimate of drug-likeness (QED) is 0.564. The molecule has 0 spiro atoms. The van der Waals surface area contributed by atoms with Gasteiger partial charge in [0.2, 0.25) is 0 Å². The maximum Gasteiger partial charge on any atom is 0.0701 e. The molecule has 1 aromatic carbocycles. The van der Waals surface area contributed by atoms with Crippen LogP contribution in [0.3, 0.4) is 0 Å². The maximum atomic E-state index is 8.72. The molecule has 1 heteroatoms. The van der Waals surface area contributed by atoms with Crippen molar-refractivity contribution in [2.75, 3.05) is 0 Å². The van der Waals surface area contributed by atoms with Crippen molar-refractivity contribution in [3.05, 3.63) is 41.5 Å². The highest BCUT2D eigenvalue weighted by Gasteiger charge is 2.11. The Hall–Kier alpha value is -1.55. The minimum Gasteiger partial charge on any atom is -0.198 e. The Morgan fingerprint density at radius 2 is 2.17 bits per heavy atom. The predicted molar refractivity (Wildman–Crippen MR) is 48.3 cm³/mol. The molecular formula is C11H9N. The number of allylic oxidation sites excluding steroid dienone is 1. The molecule has 0 saturated carbocycles. The van der Waals surface area contributed by atoms with Gasteiger partial charge in [-0.25, -0.2) is 0 Å². The van der Waals surface area contributed by atoms with Gasteiger partial charge in [-0.15, -0.1) is 0 Å². The fourth-order valence-electron chi connectivity index (χ4n) is 1.50. The van der Waals surface area contributed by atoms with Crippen LogP contribution in [-0.2, 0) is 6.42 Å². The summed E-state index contributed by atoms with van der Waals surface area (Å²) in [7, 11) is 0. The van der Waals surface area contributed by atoms with Gasteiger partial charge < -0.3 is 0 Å². The average Bonchev–Trinajstić information content (AvgIpc) is 2.17. The summed E-state index contributed by atoms with van der Waals surface area (Å²) in [5, 5.41) is 8.72. The van der Waals surface area contributed by atoms with E-state index in [9.17, 15) is 0 Å². The average molecular weight is 155 g/mol. The monoisotopic (exact) mass is 155 g/mol. The molecule has 0 saturated heterocycles. The Morgan fingerprint density at radius 3 is 3.00 bits per heavy atom. The second-order valence-corrected chi connectivity index (χ2v) is 3.00. The molecule has 0 amide bonds. The second kappa shape index (κ2) is 2.83. The van der Waals surface area contributed by atoms with Gasteiger partial charge in [-0.2, -0.15) is 5.26 Å². The van der Waals surface area contributed by atoms with Crippen molar-refractivity contribution in [1.82, 2.24) is 0 Å². The first-order valence-electron chi connectivity index (χ1n) is 4.06. The van der Waals surface area contributed by atoms with E-state index in [0.717, 1.165) is 6.42 Å². The lowest BCUT2D eigenvalue weighted by Crippen LogP contribution is -2.03. The Labute approximate surface area is 72.0 Å². The minimum atomic E-state index is 0.0694. The van der Waals surface area contributed by atoms with Gasteiger partial charge in [-0.1, -0.05) is 36.4 Å². The highest BCUT2D eigenvalue weighted by Crippen LogP contribution is 2.21. The lowest BCUT2D eigenvalue weighted by Gasteiger charge is -2.12. The SMILES string of the molecule is N#CC1C=Cc2ccccc2C1. The van der Waals surface area contributed by atoms with Crippen molar-refractivity contribution in [2.24, 2.45) is 5.92 Å². The van der Waals surface area contributed by atoms with Crippen LogP contribution in [0.25, 0.3) is 6.08 Å². The van der Waals surface area contributed by atoms with Crippen LogP contribution in [0.2, 0.25) is 0 Å². The van der Waals surface area contributed by atoms with Crippen molar-refractivity contribution in [3.8, 4) is 6.07 Å². The van der Waals surface area contributed by atoms with Gasteiger partial charge in [0.15, 0.2) is 0 Å². The highest BCUT2D eigenvalue weighted by atomic mass is 14.3. The van der Waals surface area contributed by atoms with Crippen LogP contribution in [0.4, 0.5) is 0 Å². The third-order valence-electron chi connectivity index (χ3n) is 2.17. The first-order chi connectivity index (χ1) is 5.90. The van der Waals surface area contributed by atoms with Crippen LogP contribution in [0.15, 0.2) is 30.3 Å². The van der Waals surface area contributed by atoms with E-state index in [2.05, 4.69) is 18.2 Å². The molecule has 2 rings (SSSR count). The van der Waals surface area contributed by atoms with E-state index >= 15 is 0 Å². The van der Waals surface area contributed by atoms with Crippen LogP contribution < -0.4 is 0 Å². The van der Waals surface area contributed by atoms with Gasteiger partial charge in [0.1, 0.15) is 0 Å². The molecule has 1 atom stereocenters. The molecule has 0 aliphatic heterocycles. The Bertz CT molecular complexity index is 358. The molecule has 0 fully saturated rings. The summed E-state index contributed by atoms with van der Waals surface area (Å²) in [4.78, 5) is 0. The number of nitrogens with zero attached hydrogens (tertiary/aromatic N) is 1. The molecule has 0 bridgehead atoms. The van der Waals surface area contributed by atoms with E-state index in [-0.39, 0.29) is 5.92 Å². The lowest BCUT2D eigenvalue weighted by atomic mass is 9.91. The van der Waals surface area contributed by atoms with Crippen molar-refractivity contribution >= 4 is 6.08 Å². The second-order valence-electron chi connectivity index (χ2n) is 3.00. The molecule has 0 aromatic heterocycles. The van der Waals surface area contributed by atoms with E-state index < -0.39 is 0 Å². The number of fused-ring (bicyclic) bond motifs is 1. The summed E-state index contributed by atoms with van der Waals surface area (Å²) in [6, 6.07) is 10.5. The minimum absolute atomic E-state index is 0.0694. The van der Waals surface area contributed by atoms with E-state index in [4.69, 9.17) is 5.26 Å². The standard InChI is InChI=1S/C11H9N/c12-8-9-5-6-10-3-1-2-4-11(10)7-9/h1-6,9H,7H2. The molecule has 0 radical (unpaired) electrons. The fourth-order valence-corrected chi connectivity index (χ4v) is 1.50. The maximum absolute atomic E-state index is 8.72. The Kier molecular flexibility index (Phi) is 1.68. The summed E-state index contributed by atoms with van der Waals surface area (Å²) in [6.07, 6.45) is 4.87. The number of nitriles is 1. The van der Waals surface area contributed by atoms with Gasteiger partial charge in [0.05, 0.1) is 12.0 Å². The molecule has 1 aliphatic rings. The van der Waals surface area contributed by atoms with Crippen LogP contribution >= 0.6 is 0 Å². The molecular weight excluding hydrogens is 146 g/mol. The van der Waals surface area contributed by atoms with Crippen molar-refractivity contribution in [3.63, 3.8) is 0 Å². The van der Waals surface area contributed by atoms with Crippen molar-refractivity contribution in [1.29, 1.82) is 5.26 Å². The van der Waals surface area contributed by atoms with Crippen LogP contribution in [-0.4, -0.2) is 0 Å². The largest absolute Gasteiger partial charge is 0.198 e. The number of benzene rings is 1. The molecule has 0 heterocycles. The normalized spacial score (nSPS) is 19.8. The van der Waals surface area contributed by atoms with Crippen LogP contribution in [0.5, 0.6) is 0 Å². The molecule has 12 heavy (non-hydrogen) atoms. The first-order valence-corrected chi connectivity index (χ1v) is 4.06. The van der Waals surface area contributed by atoms with Gasteiger partial charge in [0, 0.05) is 0 Å². The zero-order chi connectivity index (χ0) is 8.39. The Morgan fingerprint density at radius 1 is 1.33 bits per heavy atom. The number of hydrogen-bond donors (Lipinski definition) is 0. The van der Waals surface area contributed by atoms with E-state index in [1.807, 2.05) is 24.3 Å². The first kappa shape index (κ1) is 7.12. The van der Waals surface area contributed by atoms with Crippen molar-refractivity contribution in [2.45, 2.75) is 6.42 Å². The zero-order valence-corrected chi connectivity index (χ0v) is 6.70. The van der Waals surface area contributed by atoms with Crippen LogP contribution in [0.1, 0.15) is 11.1 Å². The molecule has 1 unspecified atom stereocenters. The van der Waals surface area contributed by atoms with Gasteiger partial charge in [-0.05, 0) is 17.5 Å². The number of rotatable bonds is 0. The van der Waals surface area contributed by atoms with Crippen molar-refractivity contribution < 1.29 is 0 Å². The predicted octanol–water partition coefficient (Wildman–Crippen LogP) is 2.40. The number of hydrogen-bond acceptors (Lipinski definition) is 1. The Balaban J connectivity index is 2.41. The summed E-state index contributed by atoms with van der Waals surface area (Å²) < 4.78 is 0. The molecule has 58 valence electrons. The van der Waals surface area contributed by atoms with E-state index in [1.54, 1.807) is 0 Å². The lowest BCUT2D eigenvalue weighted by molar-refractivity contribution is 0.811. The van der Waals surface area contributed by atoms with Gasteiger partial charge in [-0.3, -0.25) is 0 Å². The fraction of sp³-hybridized carbons (Fsp3) is 0.182. The van der Waals surface area contributed by atoms with E-state index in [1.165, 1.54) is 11.1 Å². The van der Waals surface area contributed by atoms with E-state index in [0.29, 0.717) is 0 Å². The molecule has 1 nitrogen and oxygen atoms in total. The highest BCUT2D eigenvalue weighted by molar-refractivity contribution is 5.57. The topological polar surface area (TPSA) is 23.8 Å². The summed E-state index contributed by atoms with van der Waals surface area (Å²) in [6.45, 7) is 0. The third kappa shape index (κ3) is 1.12. The zero-order valence-electron chi connectivity index (χ0n) is 6.70. The summed E-state index contributed by atoms with van der Waals surface area (Å²) in [5.41, 5.74) is 2.54.